The van der Waals surface area contributed by atoms with Crippen molar-refractivity contribution in [3.63, 3.8) is 0 Å². The van der Waals surface area contributed by atoms with Crippen molar-refractivity contribution < 1.29 is 4.74 Å². The number of benzene rings is 1. The minimum atomic E-state index is 0.631. The molecule has 0 aromatic heterocycles. The molecular weight excluding hydrogens is 184 g/mol. The lowest BCUT2D eigenvalue weighted by atomic mass is 10.1. The molecule has 1 nitrogen and oxygen atoms in total. The predicted octanol–water partition coefficient (Wildman–Crippen LogP) is 3.99. The van der Waals surface area contributed by atoms with E-state index in [1.807, 2.05) is 32.1 Å². The van der Waals surface area contributed by atoms with E-state index in [4.69, 9.17) is 4.74 Å². The van der Waals surface area contributed by atoms with Crippen LogP contribution in [0.2, 0.25) is 0 Å². The lowest BCUT2D eigenvalue weighted by molar-refractivity contribution is 0.210. The third-order valence-corrected chi connectivity index (χ3v) is 2.10. The van der Waals surface area contributed by atoms with Crippen LogP contribution in [0.5, 0.6) is 0 Å². The van der Waals surface area contributed by atoms with Gasteiger partial charge in [0.2, 0.25) is 0 Å². The summed E-state index contributed by atoms with van der Waals surface area (Å²) in [6, 6.07) is 8.36. The van der Waals surface area contributed by atoms with Gasteiger partial charge in [0.1, 0.15) is 12.4 Å². The van der Waals surface area contributed by atoms with Gasteiger partial charge in [-0.2, -0.15) is 0 Å². The zero-order valence-electron chi connectivity index (χ0n) is 9.66. The number of hydrogen-bond donors (Lipinski definition) is 0. The maximum atomic E-state index is 5.65. The zero-order chi connectivity index (χ0) is 11.1. The molecule has 0 aliphatic rings. The van der Waals surface area contributed by atoms with Crippen molar-refractivity contribution in [3.8, 4) is 0 Å². The second-order valence-electron chi connectivity index (χ2n) is 3.47. The van der Waals surface area contributed by atoms with E-state index in [0.717, 1.165) is 5.76 Å². The summed E-state index contributed by atoms with van der Waals surface area (Å²) in [6.07, 6.45) is 5.91. The standard InChI is InChI=1S/C14H18O/c1-4-7-14(5-2)15-11-13-9-6-8-12(3)10-13/h4-10H,11H2,1-3H3/b7-4-,14-5+. The van der Waals surface area contributed by atoms with Gasteiger partial charge < -0.3 is 4.74 Å². The Morgan fingerprint density at radius 3 is 2.73 bits per heavy atom. The first kappa shape index (κ1) is 11.6. The van der Waals surface area contributed by atoms with Gasteiger partial charge in [-0.3, -0.25) is 0 Å². The number of allylic oxidation sites excluding steroid dienone is 3. The summed E-state index contributed by atoms with van der Waals surface area (Å²) in [4.78, 5) is 0. The molecule has 0 heterocycles. The minimum absolute atomic E-state index is 0.631. The molecule has 1 rings (SSSR count). The van der Waals surface area contributed by atoms with Gasteiger partial charge in [0.15, 0.2) is 0 Å². The van der Waals surface area contributed by atoms with Crippen molar-refractivity contribution in [2.75, 3.05) is 0 Å². The van der Waals surface area contributed by atoms with Crippen LogP contribution in [0.15, 0.2) is 48.3 Å². The Hall–Kier alpha value is -1.50. The van der Waals surface area contributed by atoms with E-state index < -0.39 is 0 Å². The molecule has 0 bridgehead atoms. The van der Waals surface area contributed by atoms with Gasteiger partial charge >= 0.3 is 0 Å². The van der Waals surface area contributed by atoms with Crippen molar-refractivity contribution in [1.82, 2.24) is 0 Å². The van der Waals surface area contributed by atoms with Gasteiger partial charge in [-0.25, -0.2) is 0 Å². The normalized spacial score (nSPS) is 12.1. The highest BCUT2D eigenvalue weighted by Gasteiger charge is 1.95. The van der Waals surface area contributed by atoms with E-state index in [1.165, 1.54) is 11.1 Å². The van der Waals surface area contributed by atoms with Crippen LogP contribution in [0.3, 0.4) is 0 Å². The van der Waals surface area contributed by atoms with E-state index in [-0.39, 0.29) is 0 Å². The highest BCUT2D eigenvalue weighted by molar-refractivity contribution is 5.22. The zero-order valence-corrected chi connectivity index (χ0v) is 9.66. The van der Waals surface area contributed by atoms with Crippen molar-refractivity contribution in [2.24, 2.45) is 0 Å². The second kappa shape index (κ2) is 6.07. The Labute approximate surface area is 92.1 Å². The van der Waals surface area contributed by atoms with Gasteiger partial charge in [0.05, 0.1) is 0 Å². The molecule has 0 fully saturated rings. The summed E-state index contributed by atoms with van der Waals surface area (Å²) in [7, 11) is 0. The van der Waals surface area contributed by atoms with Crippen LogP contribution in [0.1, 0.15) is 25.0 Å². The summed E-state index contributed by atoms with van der Waals surface area (Å²) >= 11 is 0. The molecule has 0 radical (unpaired) electrons. The number of rotatable bonds is 4. The van der Waals surface area contributed by atoms with Crippen molar-refractivity contribution in [2.45, 2.75) is 27.4 Å². The molecule has 0 spiro atoms. The van der Waals surface area contributed by atoms with Crippen molar-refractivity contribution >= 4 is 0 Å². The Morgan fingerprint density at radius 2 is 2.13 bits per heavy atom. The molecular formula is C14H18O. The van der Waals surface area contributed by atoms with E-state index in [2.05, 4.69) is 31.2 Å². The molecule has 0 atom stereocenters. The van der Waals surface area contributed by atoms with Crippen molar-refractivity contribution in [3.05, 3.63) is 59.4 Å². The maximum absolute atomic E-state index is 5.65. The maximum Gasteiger partial charge on any atom is 0.115 e. The summed E-state index contributed by atoms with van der Waals surface area (Å²) in [5.41, 5.74) is 2.48. The third kappa shape index (κ3) is 4.03. The third-order valence-electron chi connectivity index (χ3n) is 2.10. The first-order valence-electron chi connectivity index (χ1n) is 5.23. The molecule has 1 aromatic rings. The molecule has 0 saturated carbocycles. The lowest BCUT2D eigenvalue weighted by Crippen LogP contribution is -1.91. The Bertz CT molecular complexity index is 361. The van der Waals surface area contributed by atoms with Crippen LogP contribution in [-0.4, -0.2) is 0 Å². The van der Waals surface area contributed by atoms with E-state index in [9.17, 15) is 0 Å². The molecule has 0 aliphatic carbocycles. The van der Waals surface area contributed by atoms with Crippen LogP contribution in [0, 0.1) is 6.92 Å². The van der Waals surface area contributed by atoms with E-state index >= 15 is 0 Å². The largest absolute Gasteiger partial charge is 0.489 e. The fourth-order valence-corrected chi connectivity index (χ4v) is 1.36. The Morgan fingerprint density at radius 1 is 1.33 bits per heavy atom. The topological polar surface area (TPSA) is 9.23 Å². The van der Waals surface area contributed by atoms with Gasteiger partial charge in [-0.1, -0.05) is 35.9 Å². The average Bonchev–Trinajstić information content (AvgIpc) is 2.24. The van der Waals surface area contributed by atoms with Crippen LogP contribution < -0.4 is 0 Å². The number of aryl methyl sites for hydroxylation is 1. The van der Waals surface area contributed by atoms with E-state index in [0.29, 0.717) is 6.61 Å². The molecule has 0 aliphatic heterocycles. The molecule has 0 amide bonds. The highest BCUT2D eigenvalue weighted by atomic mass is 16.5. The Kier molecular flexibility index (Phi) is 4.69. The number of hydrogen-bond acceptors (Lipinski definition) is 1. The fraction of sp³-hybridized carbons (Fsp3) is 0.286. The molecule has 0 N–H and O–H groups in total. The molecule has 0 saturated heterocycles. The second-order valence-corrected chi connectivity index (χ2v) is 3.47. The van der Waals surface area contributed by atoms with E-state index in [1.54, 1.807) is 0 Å². The molecule has 0 unspecified atom stereocenters. The van der Waals surface area contributed by atoms with Crippen LogP contribution >= 0.6 is 0 Å². The van der Waals surface area contributed by atoms with Gasteiger partial charge in [0.25, 0.3) is 0 Å². The summed E-state index contributed by atoms with van der Waals surface area (Å²) in [5, 5.41) is 0. The molecule has 1 aromatic carbocycles. The summed E-state index contributed by atoms with van der Waals surface area (Å²) in [6.45, 7) is 6.68. The summed E-state index contributed by atoms with van der Waals surface area (Å²) < 4.78 is 5.65. The highest BCUT2D eigenvalue weighted by Crippen LogP contribution is 2.09. The Balaban J connectivity index is 2.57. The average molecular weight is 202 g/mol. The van der Waals surface area contributed by atoms with Crippen molar-refractivity contribution in [1.29, 1.82) is 0 Å². The van der Waals surface area contributed by atoms with Gasteiger partial charge in [-0.15, -0.1) is 0 Å². The smallest absolute Gasteiger partial charge is 0.115 e. The predicted molar refractivity (Wildman–Crippen MR) is 64.5 cm³/mol. The lowest BCUT2D eigenvalue weighted by Gasteiger charge is -2.07. The quantitative estimate of drug-likeness (QED) is 0.530. The summed E-state index contributed by atoms with van der Waals surface area (Å²) in [5.74, 6) is 0.916. The van der Waals surface area contributed by atoms with Gasteiger partial charge in [-0.05, 0) is 38.5 Å². The van der Waals surface area contributed by atoms with Crippen LogP contribution in [0.4, 0.5) is 0 Å². The minimum Gasteiger partial charge on any atom is -0.489 e. The SMILES string of the molecule is C/C=C\C(=C/C)OCc1cccc(C)c1. The molecule has 15 heavy (non-hydrogen) atoms. The first-order chi connectivity index (χ1) is 7.26. The van der Waals surface area contributed by atoms with Crippen LogP contribution in [0.25, 0.3) is 0 Å². The molecule has 80 valence electrons. The monoisotopic (exact) mass is 202 g/mol. The molecule has 1 heteroatoms. The fourth-order valence-electron chi connectivity index (χ4n) is 1.36. The van der Waals surface area contributed by atoms with Crippen LogP contribution in [-0.2, 0) is 11.3 Å². The van der Waals surface area contributed by atoms with Gasteiger partial charge in [0, 0.05) is 0 Å². The number of ether oxygens (including phenoxy) is 1. The first-order valence-corrected chi connectivity index (χ1v) is 5.23.